The standard InChI is InChI=1S/C27H35N3O3/c1-6-30(26-16-24(27(31)33-7-2)19(3)14-20(26)4)23-10-12-29(13-11-23)25-9-8-21(18-32-5)15-22(25)17-28/h8-9,14-16,23H,6-7,10-13,18H2,1-5H3. The maximum atomic E-state index is 12.5. The topological polar surface area (TPSA) is 65.8 Å². The van der Waals surface area contributed by atoms with Crippen molar-refractivity contribution in [3.05, 3.63) is 58.1 Å². The minimum absolute atomic E-state index is 0.261. The van der Waals surface area contributed by atoms with Crippen LogP contribution in [0.2, 0.25) is 0 Å². The monoisotopic (exact) mass is 449 g/mol. The maximum Gasteiger partial charge on any atom is 0.338 e. The molecule has 0 unspecified atom stereocenters. The van der Waals surface area contributed by atoms with Crippen LogP contribution in [0.3, 0.4) is 0 Å². The number of carbonyl (C=O) groups excluding carboxylic acids is 1. The highest BCUT2D eigenvalue weighted by Gasteiger charge is 2.27. The first-order chi connectivity index (χ1) is 15.9. The number of nitriles is 1. The third-order valence-corrected chi connectivity index (χ3v) is 6.43. The molecule has 2 aromatic rings. The lowest BCUT2D eigenvalue weighted by molar-refractivity contribution is 0.0525. The zero-order valence-electron chi connectivity index (χ0n) is 20.5. The molecule has 6 nitrogen and oxygen atoms in total. The average molecular weight is 450 g/mol. The Hall–Kier alpha value is -3.04. The summed E-state index contributed by atoms with van der Waals surface area (Å²) in [6, 6.07) is 12.8. The van der Waals surface area contributed by atoms with Gasteiger partial charge in [-0.05, 0) is 75.4 Å². The molecule has 0 N–H and O–H groups in total. The lowest BCUT2D eigenvalue weighted by Gasteiger charge is -2.41. The number of rotatable bonds is 8. The van der Waals surface area contributed by atoms with Crippen LogP contribution in [-0.4, -0.2) is 45.4 Å². The molecule has 1 saturated heterocycles. The van der Waals surface area contributed by atoms with E-state index in [2.05, 4.69) is 35.8 Å². The van der Waals surface area contributed by atoms with E-state index >= 15 is 0 Å². The third kappa shape index (κ3) is 5.48. The zero-order chi connectivity index (χ0) is 24.0. The predicted octanol–water partition coefficient (Wildman–Crippen LogP) is 4.99. The van der Waals surface area contributed by atoms with Crippen molar-refractivity contribution in [1.29, 1.82) is 5.26 Å². The Labute approximate surface area is 197 Å². The first kappa shape index (κ1) is 24.6. The van der Waals surface area contributed by atoms with Gasteiger partial charge in [-0.3, -0.25) is 0 Å². The van der Waals surface area contributed by atoms with Crippen molar-refractivity contribution in [3.63, 3.8) is 0 Å². The predicted molar refractivity (Wildman–Crippen MR) is 132 cm³/mol. The molecule has 176 valence electrons. The van der Waals surface area contributed by atoms with Crippen LogP contribution in [0.25, 0.3) is 0 Å². The summed E-state index contributed by atoms with van der Waals surface area (Å²) in [5.74, 6) is -0.261. The van der Waals surface area contributed by atoms with Crippen LogP contribution in [-0.2, 0) is 16.1 Å². The number of methoxy groups -OCH3 is 1. The molecule has 0 aliphatic carbocycles. The normalized spacial score (nSPS) is 14.1. The lowest BCUT2D eigenvalue weighted by atomic mass is 9.97. The summed E-state index contributed by atoms with van der Waals surface area (Å²) < 4.78 is 10.5. The first-order valence-electron chi connectivity index (χ1n) is 11.7. The van der Waals surface area contributed by atoms with Gasteiger partial charge in [-0.2, -0.15) is 5.26 Å². The second kappa shape index (κ2) is 11.2. The van der Waals surface area contributed by atoms with Gasteiger partial charge >= 0.3 is 5.97 Å². The molecule has 1 fully saturated rings. The van der Waals surface area contributed by atoms with Gasteiger partial charge in [0.15, 0.2) is 0 Å². The van der Waals surface area contributed by atoms with Gasteiger partial charge in [-0.15, -0.1) is 0 Å². The Morgan fingerprint density at radius 1 is 1.15 bits per heavy atom. The number of nitrogens with zero attached hydrogens (tertiary/aromatic N) is 3. The van der Waals surface area contributed by atoms with Gasteiger partial charge in [0.1, 0.15) is 6.07 Å². The van der Waals surface area contributed by atoms with E-state index in [4.69, 9.17) is 9.47 Å². The van der Waals surface area contributed by atoms with Gasteiger partial charge in [-0.25, -0.2) is 4.79 Å². The summed E-state index contributed by atoms with van der Waals surface area (Å²) in [6.45, 7) is 11.6. The van der Waals surface area contributed by atoms with E-state index in [1.165, 1.54) is 5.56 Å². The highest BCUT2D eigenvalue weighted by Crippen LogP contribution is 2.32. The number of hydrogen-bond acceptors (Lipinski definition) is 6. The Morgan fingerprint density at radius 2 is 1.88 bits per heavy atom. The van der Waals surface area contributed by atoms with Crippen LogP contribution in [0.1, 0.15) is 59.3 Å². The molecule has 0 spiro atoms. The molecule has 2 aromatic carbocycles. The van der Waals surface area contributed by atoms with Crippen molar-refractivity contribution in [2.24, 2.45) is 0 Å². The molecular formula is C27H35N3O3. The minimum Gasteiger partial charge on any atom is -0.462 e. The Bertz CT molecular complexity index is 1020. The van der Waals surface area contributed by atoms with E-state index in [9.17, 15) is 10.1 Å². The van der Waals surface area contributed by atoms with Gasteiger partial charge in [0.2, 0.25) is 0 Å². The summed E-state index contributed by atoms with van der Waals surface area (Å²) in [5.41, 5.74) is 6.57. The number of aryl methyl sites for hydroxylation is 2. The summed E-state index contributed by atoms with van der Waals surface area (Å²) in [6.07, 6.45) is 1.97. The molecule has 3 rings (SSSR count). The molecular weight excluding hydrogens is 414 g/mol. The fourth-order valence-electron chi connectivity index (χ4n) is 4.83. The number of anilines is 2. The second-order valence-electron chi connectivity index (χ2n) is 8.57. The van der Waals surface area contributed by atoms with Gasteiger partial charge in [0, 0.05) is 38.5 Å². The maximum absolute atomic E-state index is 12.5. The van der Waals surface area contributed by atoms with Gasteiger partial charge in [0.05, 0.1) is 30.0 Å². The van der Waals surface area contributed by atoms with Crippen molar-refractivity contribution < 1.29 is 14.3 Å². The van der Waals surface area contributed by atoms with E-state index < -0.39 is 0 Å². The molecule has 33 heavy (non-hydrogen) atoms. The van der Waals surface area contributed by atoms with E-state index in [1.54, 1.807) is 7.11 Å². The van der Waals surface area contributed by atoms with Crippen LogP contribution in [0.4, 0.5) is 11.4 Å². The van der Waals surface area contributed by atoms with Crippen LogP contribution < -0.4 is 9.80 Å². The molecule has 1 aliphatic heterocycles. The minimum atomic E-state index is -0.261. The van der Waals surface area contributed by atoms with E-state index in [0.717, 1.165) is 55.0 Å². The fourth-order valence-corrected chi connectivity index (χ4v) is 4.83. The Kier molecular flexibility index (Phi) is 8.35. The number of carbonyl (C=O) groups is 1. The van der Waals surface area contributed by atoms with Crippen LogP contribution >= 0.6 is 0 Å². The Balaban J connectivity index is 1.78. The fraction of sp³-hybridized carbons (Fsp3) is 0.481. The van der Waals surface area contributed by atoms with Crippen LogP contribution in [0.5, 0.6) is 0 Å². The molecule has 0 amide bonds. The Morgan fingerprint density at radius 3 is 2.48 bits per heavy atom. The highest BCUT2D eigenvalue weighted by atomic mass is 16.5. The highest BCUT2D eigenvalue weighted by molar-refractivity contribution is 5.92. The molecule has 0 atom stereocenters. The van der Waals surface area contributed by atoms with Crippen molar-refractivity contribution in [1.82, 2.24) is 0 Å². The lowest BCUT2D eigenvalue weighted by Crippen LogP contribution is -2.45. The zero-order valence-corrected chi connectivity index (χ0v) is 20.5. The summed E-state index contributed by atoms with van der Waals surface area (Å²) >= 11 is 0. The van der Waals surface area contributed by atoms with Crippen LogP contribution in [0, 0.1) is 25.2 Å². The molecule has 6 heteroatoms. The summed E-state index contributed by atoms with van der Waals surface area (Å²) in [5, 5.41) is 9.67. The first-order valence-corrected chi connectivity index (χ1v) is 11.7. The van der Waals surface area contributed by atoms with Gasteiger partial charge in [0.25, 0.3) is 0 Å². The average Bonchev–Trinajstić information content (AvgIpc) is 2.81. The smallest absolute Gasteiger partial charge is 0.338 e. The van der Waals surface area contributed by atoms with Crippen molar-refractivity contribution in [2.75, 3.05) is 43.2 Å². The van der Waals surface area contributed by atoms with Crippen molar-refractivity contribution in [3.8, 4) is 6.07 Å². The number of benzene rings is 2. The summed E-state index contributed by atoms with van der Waals surface area (Å²) in [7, 11) is 1.66. The van der Waals surface area contributed by atoms with Crippen LogP contribution in [0.15, 0.2) is 30.3 Å². The molecule has 0 saturated carbocycles. The van der Waals surface area contributed by atoms with E-state index in [0.29, 0.717) is 30.4 Å². The molecule has 0 aromatic heterocycles. The van der Waals surface area contributed by atoms with Crippen molar-refractivity contribution in [2.45, 2.75) is 53.2 Å². The second-order valence-corrected chi connectivity index (χ2v) is 8.57. The number of esters is 1. The largest absolute Gasteiger partial charge is 0.462 e. The quantitative estimate of drug-likeness (QED) is 0.529. The molecule has 0 bridgehead atoms. The van der Waals surface area contributed by atoms with E-state index in [-0.39, 0.29) is 5.97 Å². The molecule has 1 aliphatic rings. The molecule has 0 radical (unpaired) electrons. The third-order valence-electron chi connectivity index (χ3n) is 6.43. The number of ether oxygens (including phenoxy) is 2. The van der Waals surface area contributed by atoms with E-state index in [1.807, 2.05) is 38.1 Å². The SMILES string of the molecule is CCOC(=O)c1cc(N(CC)C2CCN(c3ccc(COC)cc3C#N)CC2)c(C)cc1C. The van der Waals surface area contributed by atoms with Crippen molar-refractivity contribution >= 4 is 17.3 Å². The molecule has 1 heterocycles. The number of hydrogen-bond donors (Lipinski definition) is 0. The number of piperidine rings is 1. The summed E-state index contributed by atoms with van der Waals surface area (Å²) in [4.78, 5) is 17.2. The van der Waals surface area contributed by atoms with Gasteiger partial charge in [-0.1, -0.05) is 12.1 Å². The van der Waals surface area contributed by atoms with Gasteiger partial charge < -0.3 is 19.3 Å².